The molecule has 2 aliphatic carbocycles. The zero-order chi connectivity index (χ0) is 37.6. The molecule has 4 atom stereocenters. The van der Waals surface area contributed by atoms with Crippen LogP contribution in [0.2, 0.25) is 0 Å². The van der Waals surface area contributed by atoms with E-state index in [1.807, 2.05) is 0 Å². The third kappa shape index (κ3) is 4.84. The molecule has 52 heavy (non-hydrogen) atoms. The number of ketones is 2. The van der Waals surface area contributed by atoms with Crippen LogP contribution in [-0.2, 0) is 36.1 Å². The normalized spacial score (nSPS) is 24.0. The lowest BCUT2D eigenvalue weighted by Crippen LogP contribution is -2.67. The lowest BCUT2D eigenvalue weighted by atomic mass is 9.59. The van der Waals surface area contributed by atoms with Gasteiger partial charge in [0.2, 0.25) is 0 Å². The van der Waals surface area contributed by atoms with Crippen molar-refractivity contribution in [2.24, 2.45) is 7.05 Å². The van der Waals surface area contributed by atoms with Crippen LogP contribution in [0.3, 0.4) is 0 Å². The van der Waals surface area contributed by atoms with E-state index in [1.165, 1.54) is 53.5 Å². The monoisotopic (exact) mass is 791 g/mol. The Labute approximate surface area is 313 Å². The first-order valence-corrected chi connectivity index (χ1v) is 17.3. The number of Topliss-reactive ketones (excluding diaryl/α,β-unsaturated/α-hetero) is 2. The Hall–Kier alpha value is -4.50. The minimum absolute atomic E-state index is 0.0389. The van der Waals surface area contributed by atoms with Gasteiger partial charge in [-0.25, -0.2) is 28.5 Å². The van der Waals surface area contributed by atoms with Crippen molar-refractivity contribution in [3.63, 3.8) is 0 Å². The van der Waals surface area contributed by atoms with E-state index in [-0.39, 0.29) is 36.7 Å². The standard InChI is InChI=1S/C34H29Cl4N5O9/c1-40-19-13-24(52-4)23(51-3)12-18(19)39-17(30(40)47)8-9-41-31(48)42-10-7-16-20(43(42)32(41)49)14-33(37)28(45)26(35)27(36)29(46)34(33,38)25(16)15-5-6-21(44)22(11-15)50-2/h5-7,11-13,20,25,44H,8-10,14H2,1-4H3/t20-,25+,33-,34+/m1/s1. The van der Waals surface area contributed by atoms with E-state index in [2.05, 4.69) is 4.98 Å². The second-order valence-electron chi connectivity index (χ2n) is 12.6. The van der Waals surface area contributed by atoms with E-state index in [0.717, 1.165) is 4.57 Å². The number of nitrogens with zero attached hydrogens (tertiary/aromatic N) is 5. The van der Waals surface area contributed by atoms with Gasteiger partial charge in [0.1, 0.15) is 25.5 Å². The van der Waals surface area contributed by atoms with Crippen molar-refractivity contribution in [2.75, 3.05) is 21.3 Å². The number of carbonyl (C=O) groups is 2. The first-order valence-electron chi connectivity index (χ1n) is 15.8. The van der Waals surface area contributed by atoms with Crippen LogP contribution in [0.5, 0.6) is 23.0 Å². The Kier molecular flexibility index (Phi) is 8.68. The van der Waals surface area contributed by atoms with Gasteiger partial charge in [0, 0.05) is 44.5 Å². The van der Waals surface area contributed by atoms with Crippen molar-refractivity contribution in [3.8, 4) is 23.0 Å². The molecule has 1 fully saturated rings. The molecule has 0 saturated heterocycles. The molecule has 3 aliphatic rings. The van der Waals surface area contributed by atoms with Crippen LogP contribution in [0.15, 0.2) is 66.4 Å². The van der Waals surface area contributed by atoms with Crippen molar-refractivity contribution >= 4 is 69.0 Å². The second kappa shape index (κ2) is 12.6. The Bertz CT molecular complexity index is 2500. The molecule has 272 valence electrons. The predicted octanol–water partition coefficient (Wildman–Crippen LogP) is 3.50. The first-order chi connectivity index (χ1) is 24.6. The zero-order valence-corrected chi connectivity index (χ0v) is 30.9. The number of aromatic hydroxyl groups is 1. The molecule has 3 heterocycles. The molecule has 1 N–H and O–H groups in total. The molecule has 0 bridgehead atoms. The molecule has 4 aromatic rings. The van der Waals surface area contributed by atoms with Crippen molar-refractivity contribution in [3.05, 3.63) is 94.6 Å². The second-order valence-corrected chi connectivity index (χ2v) is 14.6. The fourth-order valence-electron chi connectivity index (χ4n) is 7.55. The lowest BCUT2D eigenvalue weighted by molar-refractivity contribution is -0.128. The number of allylic oxidation sites excluding steroid dienone is 4. The van der Waals surface area contributed by atoms with Crippen molar-refractivity contribution in [1.29, 1.82) is 0 Å². The largest absolute Gasteiger partial charge is 0.504 e. The number of ether oxygens (including phenoxy) is 3. The topological polar surface area (TPSA) is 166 Å². The first kappa shape index (κ1) is 35.9. The molecule has 7 rings (SSSR count). The van der Waals surface area contributed by atoms with E-state index in [4.69, 9.17) is 60.6 Å². The maximum Gasteiger partial charge on any atom is 0.347 e. The summed E-state index contributed by atoms with van der Waals surface area (Å²) in [6, 6.07) is 6.42. The number of phenols is 1. The number of aryl methyl sites for hydroxylation is 2. The van der Waals surface area contributed by atoms with E-state index < -0.39 is 66.7 Å². The van der Waals surface area contributed by atoms with Crippen LogP contribution in [0.4, 0.5) is 0 Å². The summed E-state index contributed by atoms with van der Waals surface area (Å²) >= 11 is 27.0. The van der Waals surface area contributed by atoms with Crippen molar-refractivity contribution in [2.45, 2.75) is 47.6 Å². The molecule has 0 radical (unpaired) electrons. The molecular formula is C34H29Cl4N5O9. The molecule has 0 unspecified atom stereocenters. The number of carbonyl (C=O) groups excluding carboxylic acids is 2. The summed E-state index contributed by atoms with van der Waals surface area (Å²) in [4.78, 5) is 69.3. The summed E-state index contributed by atoms with van der Waals surface area (Å²) in [5, 5.41) is 9.16. The Morgan fingerprint density at radius 3 is 2.23 bits per heavy atom. The number of halogens is 4. The summed E-state index contributed by atoms with van der Waals surface area (Å²) in [5.74, 6) is -2.40. The molecule has 2 aromatic heterocycles. The smallest absolute Gasteiger partial charge is 0.347 e. The SMILES string of the molecule is COc1cc([C@H]2C3=CCn4c(=O)n(CCc5nc6cc(OC)c(OC)cc6n(C)c5=O)c(=O)n4[C@@H]3C[C@@]3(Cl)C(=O)C(Cl)=C(Cl)C(=O)[C@@]23Cl)ccc1O. The number of phenolic OH excluding ortho intramolecular Hbond substituents is 1. The highest BCUT2D eigenvalue weighted by Crippen LogP contribution is 2.64. The van der Waals surface area contributed by atoms with Gasteiger partial charge in [-0.05, 0) is 23.3 Å². The molecule has 18 heteroatoms. The Morgan fingerprint density at radius 2 is 1.56 bits per heavy atom. The highest BCUT2D eigenvalue weighted by molar-refractivity contribution is 6.66. The number of methoxy groups -OCH3 is 3. The van der Waals surface area contributed by atoms with Crippen LogP contribution >= 0.6 is 46.4 Å². The van der Waals surface area contributed by atoms with Gasteiger partial charge in [-0.2, -0.15) is 0 Å². The van der Waals surface area contributed by atoms with E-state index in [1.54, 1.807) is 25.3 Å². The molecule has 0 spiro atoms. The number of alkyl halides is 2. The van der Waals surface area contributed by atoms with Gasteiger partial charge >= 0.3 is 11.4 Å². The van der Waals surface area contributed by atoms with E-state index in [0.29, 0.717) is 33.7 Å². The number of hydrogen-bond donors (Lipinski definition) is 1. The average Bonchev–Trinajstić information content (AvgIpc) is 3.39. The van der Waals surface area contributed by atoms with Crippen molar-refractivity contribution < 1.29 is 28.9 Å². The van der Waals surface area contributed by atoms with Gasteiger partial charge in [-0.1, -0.05) is 35.3 Å². The highest BCUT2D eigenvalue weighted by atomic mass is 35.5. The van der Waals surface area contributed by atoms with Crippen LogP contribution in [0, 0.1) is 0 Å². The maximum absolute atomic E-state index is 14.2. The number of fused-ring (bicyclic) bond motifs is 5. The van der Waals surface area contributed by atoms with Crippen LogP contribution in [-0.4, -0.2) is 71.2 Å². The summed E-state index contributed by atoms with van der Waals surface area (Å²) < 4.78 is 20.8. The molecule has 1 saturated carbocycles. The number of benzene rings is 2. The number of rotatable bonds is 7. The summed E-state index contributed by atoms with van der Waals surface area (Å²) in [6.07, 6.45) is 1.14. The highest BCUT2D eigenvalue weighted by Gasteiger charge is 2.71. The lowest BCUT2D eigenvalue weighted by Gasteiger charge is -2.54. The minimum atomic E-state index is -2.25. The molecule has 0 amide bonds. The number of hydrogen-bond acceptors (Lipinski definition) is 10. The molecule has 1 aliphatic heterocycles. The molecule has 14 nitrogen and oxygen atoms in total. The average molecular weight is 793 g/mol. The molecule has 2 aromatic carbocycles. The fourth-order valence-corrected chi connectivity index (χ4v) is 9.07. The van der Waals surface area contributed by atoms with Gasteiger partial charge in [0.25, 0.3) is 5.56 Å². The third-order valence-corrected chi connectivity index (χ3v) is 12.4. The summed E-state index contributed by atoms with van der Waals surface area (Å²) in [7, 11) is 5.85. The summed E-state index contributed by atoms with van der Waals surface area (Å²) in [6.45, 7) is -0.343. The summed E-state index contributed by atoms with van der Waals surface area (Å²) in [5.41, 5.74) is -0.171. The van der Waals surface area contributed by atoms with E-state index in [9.17, 15) is 29.1 Å². The van der Waals surface area contributed by atoms with Gasteiger partial charge in [-0.3, -0.25) is 14.4 Å². The van der Waals surface area contributed by atoms with E-state index >= 15 is 0 Å². The quantitative estimate of drug-likeness (QED) is 0.216. The Morgan fingerprint density at radius 1 is 0.904 bits per heavy atom. The minimum Gasteiger partial charge on any atom is -0.504 e. The van der Waals surface area contributed by atoms with Gasteiger partial charge in [0.15, 0.2) is 34.6 Å². The van der Waals surface area contributed by atoms with Gasteiger partial charge in [0.05, 0.1) is 44.9 Å². The third-order valence-electron chi connectivity index (χ3n) is 10.1. The number of aromatic nitrogens is 5. The van der Waals surface area contributed by atoms with Crippen LogP contribution in [0.25, 0.3) is 11.0 Å². The van der Waals surface area contributed by atoms with Gasteiger partial charge in [-0.15, -0.1) is 23.2 Å². The van der Waals surface area contributed by atoms with Crippen molar-refractivity contribution in [1.82, 2.24) is 23.5 Å². The maximum atomic E-state index is 14.2. The van der Waals surface area contributed by atoms with Gasteiger partial charge < -0.3 is 23.9 Å². The fraction of sp³-hybridized carbons (Fsp3) is 0.353. The zero-order valence-electron chi connectivity index (χ0n) is 27.9. The predicted molar refractivity (Wildman–Crippen MR) is 192 cm³/mol. The van der Waals surface area contributed by atoms with Crippen LogP contribution in [0.1, 0.15) is 29.6 Å². The van der Waals surface area contributed by atoms with Crippen LogP contribution < -0.4 is 31.1 Å². The molecular weight excluding hydrogens is 764 g/mol. The Balaban J connectivity index is 1.34.